The number of hydrogen-bond donors (Lipinski definition) is 1. The van der Waals surface area contributed by atoms with Crippen molar-refractivity contribution in [1.82, 2.24) is 4.90 Å². The van der Waals surface area contributed by atoms with Gasteiger partial charge >= 0.3 is 12.1 Å². The third-order valence-electron chi connectivity index (χ3n) is 2.72. The van der Waals surface area contributed by atoms with E-state index in [9.17, 15) is 18.4 Å². The minimum Gasteiger partial charge on any atom is -0.481 e. The number of ether oxygens (including phenoxy) is 1. The molecule has 1 N–H and O–H groups in total. The lowest BCUT2D eigenvalue weighted by Gasteiger charge is -2.28. The monoisotopic (exact) mass is 279 g/mol. The Labute approximate surface area is 110 Å². The summed E-state index contributed by atoms with van der Waals surface area (Å²) in [5.74, 6) is -5.61. The number of carboxylic acids is 1. The molecule has 1 saturated heterocycles. The Morgan fingerprint density at radius 1 is 1.37 bits per heavy atom. The van der Waals surface area contributed by atoms with Crippen LogP contribution in [0.3, 0.4) is 0 Å². The van der Waals surface area contributed by atoms with Gasteiger partial charge in [0.1, 0.15) is 5.60 Å². The lowest BCUT2D eigenvalue weighted by Crippen LogP contribution is -2.42. The van der Waals surface area contributed by atoms with E-state index in [0.29, 0.717) is 0 Å². The van der Waals surface area contributed by atoms with Crippen molar-refractivity contribution in [3.63, 3.8) is 0 Å². The van der Waals surface area contributed by atoms with Crippen molar-refractivity contribution in [1.29, 1.82) is 0 Å². The molecule has 0 aromatic rings. The van der Waals surface area contributed by atoms with Gasteiger partial charge in [-0.15, -0.1) is 0 Å². The van der Waals surface area contributed by atoms with Crippen LogP contribution in [-0.2, 0) is 9.53 Å². The first kappa shape index (κ1) is 15.7. The van der Waals surface area contributed by atoms with Gasteiger partial charge in [0.25, 0.3) is 5.92 Å². The van der Waals surface area contributed by atoms with E-state index in [4.69, 9.17) is 9.84 Å². The first-order valence-electron chi connectivity index (χ1n) is 6.09. The van der Waals surface area contributed by atoms with Crippen LogP contribution in [0.5, 0.6) is 0 Å². The molecule has 7 heteroatoms. The second kappa shape index (κ2) is 5.30. The number of carbonyl (C=O) groups is 2. The van der Waals surface area contributed by atoms with Crippen molar-refractivity contribution in [2.45, 2.75) is 45.1 Å². The summed E-state index contributed by atoms with van der Waals surface area (Å²) in [5, 5.41) is 8.84. The molecule has 1 aliphatic heterocycles. The first-order chi connectivity index (χ1) is 8.50. The molecule has 1 heterocycles. The molecular formula is C12H19F2NO4. The molecule has 1 fully saturated rings. The smallest absolute Gasteiger partial charge is 0.410 e. The van der Waals surface area contributed by atoms with E-state index in [1.165, 1.54) is 0 Å². The Morgan fingerprint density at radius 2 is 1.95 bits per heavy atom. The largest absolute Gasteiger partial charge is 0.481 e. The third kappa shape index (κ3) is 5.00. The number of halogens is 2. The zero-order chi connectivity index (χ0) is 14.8. The molecule has 0 aromatic heterocycles. The van der Waals surface area contributed by atoms with E-state index in [0.717, 1.165) is 4.90 Å². The summed E-state index contributed by atoms with van der Waals surface area (Å²) in [4.78, 5) is 23.5. The second-order valence-electron chi connectivity index (χ2n) is 5.79. The van der Waals surface area contributed by atoms with Gasteiger partial charge in [0.05, 0.1) is 12.5 Å². The highest BCUT2D eigenvalue weighted by Crippen LogP contribution is 2.31. The molecule has 0 spiro atoms. The van der Waals surface area contributed by atoms with Crippen molar-refractivity contribution in [2.75, 3.05) is 13.1 Å². The van der Waals surface area contributed by atoms with Crippen LogP contribution in [0.15, 0.2) is 0 Å². The number of aliphatic carboxylic acids is 1. The maximum Gasteiger partial charge on any atom is 0.410 e. The Morgan fingerprint density at radius 3 is 2.42 bits per heavy atom. The maximum absolute atomic E-state index is 13.6. The van der Waals surface area contributed by atoms with E-state index in [2.05, 4.69) is 0 Å². The molecule has 1 amide bonds. The Bertz CT molecular complexity index is 365. The van der Waals surface area contributed by atoms with Gasteiger partial charge in [0, 0.05) is 13.0 Å². The van der Waals surface area contributed by atoms with E-state index in [1.54, 1.807) is 20.8 Å². The first-order valence-corrected chi connectivity index (χ1v) is 6.09. The minimum atomic E-state index is -3.21. The molecule has 0 aliphatic carbocycles. The van der Waals surface area contributed by atoms with Crippen LogP contribution in [-0.4, -0.2) is 46.7 Å². The summed E-state index contributed by atoms with van der Waals surface area (Å²) in [5.41, 5.74) is -0.773. The van der Waals surface area contributed by atoms with E-state index < -0.39 is 42.5 Å². The molecule has 1 unspecified atom stereocenters. The Hall–Kier alpha value is -1.40. The number of amides is 1. The van der Waals surface area contributed by atoms with Crippen molar-refractivity contribution >= 4 is 12.1 Å². The number of rotatable bonds is 1. The third-order valence-corrected chi connectivity index (χ3v) is 2.72. The zero-order valence-corrected chi connectivity index (χ0v) is 11.3. The van der Waals surface area contributed by atoms with Crippen LogP contribution < -0.4 is 0 Å². The lowest BCUT2D eigenvalue weighted by atomic mass is 9.99. The molecule has 0 saturated carbocycles. The quantitative estimate of drug-likeness (QED) is 0.800. The average molecular weight is 279 g/mol. The lowest BCUT2D eigenvalue weighted by molar-refractivity contribution is -0.145. The van der Waals surface area contributed by atoms with E-state index >= 15 is 0 Å². The summed E-state index contributed by atoms with van der Waals surface area (Å²) in [6.45, 7) is 4.08. The fraction of sp³-hybridized carbons (Fsp3) is 0.833. The summed E-state index contributed by atoms with van der Waals surface area (Å²) < 4.78 is 32.2. The highest BCUT2D eigenvalue weighted by molar-refractivity contribution is 5.71. The van der Waals surface area contributed by atoms with E-state index in [1.807, 2.05) is 0 Å². The van der Waals surface area contributed by atoms with Crippen LogP contribution >= 0.6 is 0 Å². The maximum atomic E-state index is 13.6. The molecule has 1 aliphatic rings. The van der Waals surface area contributed by atoms with Crippen molar-refractivity contribution in [2.24, 2.45) is 5.92 Å². The van der Waals surface area contributed by atoms with Crippen LogP contribution in [0, 0.1) is 5.92 Å². The highest BCUT2D eigenvalue weighted by atomic mass is 19.3. The molecular weight excluding hydrogens is 260 g/mol. The zero-order valence-electron chi connectivity index (χ0n) is 11.3. The predicted molar refractivity (Wildman–Crippen MR) is 63.1 cm³/mol. The average Bonchev–Trinajstić information content (AvgIpc) is 2.34. The number of likely N-dealkylation sites (tertiary alicyclic amines) is 1. The van der Waals surface area contributed by atoms with Crippen molar-refractivity contribution < 1.29 is 28.2 Å². The molecule has 0 bridgehead atoms. The molecule has 0 aromatic carbocycles. The summed E-state index contributed by atoms with van der Waals surface area (Å²) in [6.07, 6.45) is -1.58. The number of carboxylic acid groups (broad SMARTS) is 1. The van der Waals surface area contributed by atoms with Gasteiger partial charge in [-0.3, -0.25) is 4.79 Å². The van der Waals surface area contributed by atoms with Crippen LogP contribution in [0.1, 0.15) is 33.6 Å². The van der Waals surface area contributed by atoms with Gasteiger partial charge in [-0.1, -0.05) is 0 Å². The minimum absolute atomic E-state index is 0.00413. The van der Waals surface area contributed by atoms with Crippen molar-refractivity contribution in [3.8, 4) is 0 Å². The van der Waals surface area contributed by atoms with E-state index in [-0.39, 0.29) is 13.0 Å². The molecule has 0 radical (unpaired) electrons. The topological polar surface area (TPSA) is 66.8 Å². The molecule has 5 nitrogen and oxygen atoms in total. The number of nitrogens with zero attached hydrogens (tertiary/aromatic N) is 1. The normalized spacial score (nSPS) is 23.6. The fourth-order valence-corrected chi connectivity index (χ4v) is 1.89. The highest BCUT2D eigenvalue weighted by Gasteiger charge is 2.42. The van der Waals surface area contributed by atoms with Crippen molar-refractivity contribution in [3.05, 3.63) is 0 Å². The van der Waals surface area contributed by atoms with Gasteiger partial charge in [-0.25, -0.2) is 13.6 Å². The van der Waals surface area contributed by atoms with Gasteiger partial charge in [-0.05, 0) is 27.2 Å². The predicted octanol–water partition coefficient (Wildman–Crippen LogP) is 2.35. The van der Waals surface area contributed by atoms with Gasteiger partial charge in [0.15, 0.2) is 0 Å². The summed E-state index contributed by atoms with van der Waals surface area (Å²) in [6, 6.07) is 0. The molecule has 110 valence electrons. The van der Waals surface area contributed by atoms with Gasteiger partial charge in [-0.2, -0.15) is 0 Å². The SMILES string of the molecule is CC(C)(C)OC(=O)N1CCC(C(=O)O)CC(F)(F)C1. The second-order valence-corrected chi connectivity index (χ2v) is 5.79. The number of hydrogen-bond acceptors (Lipinski definition) is 3. The Balaban J connectivity index is 2.76. The molecule has 1 atom stereocenters. The number of alkyl halides is 2. The summed E-state index contributed by atoms with van der Waals surface area (Å²) >= 11 is 0. The van der Waals surface area contributed by atoms with Crippen LogP contribution in [0.2, 0.25) is 0 Å². The number of carbonyl (C=O) groups excluding carboxylic acids is 1. The van der Waals surface area contributed by atoms with Gasteiger partial charge in [0.2, 0.25) is 0 Å². The van der Waals surface area contributed by atoms with Gasteiger partial charge < -0.3 is 14.7 Å². The van der Waals surface area contributed by atoms with Crippen LogP contribution in [0.25, 0.3) is 0 Å². The molecule has 19 heavy (non-hydrogen) atoms. The summed E-state index contributed by atoms with van der Waals surface area (Å²) in [7, 11) is 0. The Kier molecular flexibility index (Phi) is 4.37. The van der Waals surface area contributed by atoms with Crippen LogP contribution in [0.4, 0.5) is 13.6 Å². The standard InChI is InChI=1S/C12H19F2NO4/c1-11(2,3)19-10(18)15-5-4-8(9(16)17)6-12(13,14)7-15/h8H,4-7H2,1-3H3,(H,16,17). The molecule has 1 rings (SSSR count). The fourth-order valence-electron chi connectivity index (χ4n) is 1.89.